The molecule has 2 atom stereocenters. The Morgan fingerprint density at radius 1 is 0.364 bits per heavy atom. The standard InChI is InChI=1S/C78H146NO8P/c1-6-8-10-12-14-16-18-20-22-24-26-28-30-32-34-36-38-39-41-42-44-46-48-50-52-54-56-58-60-62-64-66-68-70-77(80)84-74-76(75-86-88(82,83)85-73-72-79(3,4)5)87-78(81)71-69-67-65-63-61-59-57-55-53-51-49-47-45-43-40-37-35-33-31-29-27-25-23-21-19-17-15-13-11-9-7-2/h9,11,15,17,21,23,27,29,33,35,76H,6-8,10,12-14,16,18-20,22,24-26,28,30-32,34,36-75H2,1-5H3/b11-9-,17-15-,23-21-,29-27-,35-33-. The molecule has 0 aromatic rings. The van der Waals surface area contributed by atoms with Crippen LogP contribution >= 0.6 is 7.82 Å². The van der Waals surface area contributed by atoms with Gasteiger partial charge in [0, 0.05) is 12.8 Å². The van der Waals surface area contributed by atoms with Crippen LogP contribution in [0.3, 0.4) is 0 Å². The van der Waals surface area contributed by atoms with Gasteiger partial charge in [-0.25, -0.2) is 0 Å². The van der Waals surface area contributed by atoms with E-state index >= 15 is 0 Å². The number of carbonyl (C=O) groups is 2. The van der Waals surface area contributed by atoms with E-state index in [1.54, 1.807) is 0 Å². The van der Waals surface area contributed by atoms with Crippen LogP contribution in [0.4, 0.5) is 0 Å². The number of likely N-dealkylation sites (N-methyl/N-ethyl adjacent to an activating group) is 1. The van der Waals surface area contributed by atoms with Crippen LogP contribution in [0.15, 0.2) is 60.8 Å². The van der Waals surface area contributed by atoms with Crippen molar-refractivity contribution in [1.82, 2.24) is 0 Å². The molecule has 0 fully saturated rings. The smallest absolute Gasteiger partial charge is 0.306 e. The number of phosphoric ester groups is 1. The second-order valence-electron chi connectivity index (χ2n) is 27.0. The first-order chi connectivity index (χ1) is 43.0. The van der Waals surface area contributed by atoms with E-state index in [4.69, 9.17) is 18.5 Å². The van der Waals surface area contributed by atoms with Crippen molar-refractivity contribution in [3.63, 3.8) is 0 Å². The molecule has 88 heavy (non-hydrogen) atoms. The first kappa shape index (κ1) is 85.7. The molecule has 0 aliphatic carbocycles. The maximum atomic E-state index is 12.9. The maximum absolute atomic E-state index is 12.9. The van der Waals surface area contributed by atoms with E-state index in [1.807, 2.05) is 21.1 Å². The first-order valence-electron chi connectivity index (χ1n) is 38.0. The monoisotopic (exact) mass is 1260 g/mol. The number of rotatable bonds is 71. The zero-order valence-corrected chi connectivity index (χ0v) is 59.8. The van der Waals surface area contributed by atoms with Gasteiger partial charge >= 0.3 is 11.9 Å². The summed E-state index contributed by atoms with van der Waals surface area (Å²) in [5.74, 6) is -0.814. The van der Waals surface area contributed by atoms with E-state index in [9.17, 15) is 19.0 Å². The van der Waals surface area contributed by atoms with E-state index in [-0.39, 0.29) is 32.0 Å². The molecule has 0 spiro atoms. The van der Waals surface area contributed by atoms with Crippen molar-refractivity contribution in [3.8, 4) is 0 Å². The zero-order chi connectivity index (χ0) is 64.1. The van der Waals surface area contributed by atoms with Gasteiger partial charge < -0.3 is 27.9 Å². The first-order valence-corrected chi connectivity index (χ1v) is 39.5. The summed E-state index contributed by atoms with van der Waals surface area (Å²) >= 11 is 0. The van der Waals surface area contributed by atoms with Crippen molar-refractivity contribution in [2.75, 3.05) is 47.5 Å². The third kappa shape index (κ3) is 72.8. The number of nitrogens with zero attached hydrogens (tertiary/aromatic N) is 1. The summed E-state index contributed by atoms with van der Waals surface area (Å²) in [4.78, 5) is 38.1. The molecule has 0 bridgehead atoms. The van der Waals surface area contributed by atoms with Crippen molar-refractivity contribution >= 4 is 19.8 Å². The third-order valence-corrected chi connectivity index (χ3v) is 18.0. The van der Waals surface area contributed by atoms with Gasteiger partial charge in [-0.3, -0.25) is 14.2 Å². The lowest BCUT2D eigenvalue weighted by molar-refractivity contribution is -0.870. The third-order valence-electron chi connectivity index (χ3n) is 17.1. The molecule has 0 aromatic carbocycles. The van der Waals surface area contributed by atoms with Crippen molar-refractivity contribution in [3.05, 3.63) is 60.8 Å². The second-order valence-corrected chi connectivity index (χ2v) is 28.4. The molecular formula is C78H146NO8P. The van der Waals surface area contributed by atoms with Gasteiger partial charge in [0.2, 0.25) is 0 Å². The Balaban J connectivity index is 3.95. The van der Waals surface area contributed by atoms with Gasteiger partial charge in [0.05, 0.1) is 27.7 Å². The molecule has 2 unspecified atom stereocenters. The molecule has 9 nitrogen and oxygen atoms in total. The molecule has 10 heteroatoms. The summed E-state index contributed by atoms with van der Waals surface area (Å²) in [6, 6.07) is 0. The normalized spacial score (nSPS) is 13.4. The summed E-state index contributed by atoms with van der Waals surface area (Å²) in [5, 5.41) is 0. The minimum absolute atomic E-state index is 0.0296. The predicted molar refractivity (Wildman–Crippen MR) is 379 cm³/mol. The van der Waals surface area contributed by atoms with Gasteiger partial charge in [0.1, 0.15) is 19.8 Å². The van der Waals surface area contributed by atoms with Gasteiger partial charge in [-0.05, 0) is 57.8 Å². The van der Waals surface area contributed by atoms with Crippen LogP contribution < -0.4 is 4.89 Å². The van der Waals surface area contributed by atoms with Crippen LogP contribution in [-0.2, 0) is 32.7 Å². The average Bonchev–Trinajstić information content (AvgIpc) is 3.68. The molecule has 0 aliphatic rings. The summed E-state index contributed by atoms with van der Waals surface area (Å²) < 4.78 is 34.4. The zero-order valence-electron chi connectivity index (χ0n) is 58.9. The Morgan fingerprint density at radius 3 is 0.966 bits per heavy atom. The highest BCUT2D eigenvalue weighted by molar-refractivity contribution is 7.45. The topological polar surface area (TPSA) is 111 Å². The van der Waals surface area contributed by atoms with E-state index in [1.165, 1.54) is 270 Å². The molecule has 0 radical (unpaired) electrons. The quantitative estimate of drug-likeness (QED) is 0.0195. The minimum Gasteiger partial charge on any atom is -0.756 e. The molecule has 0 saturated heterocycles. The Labute approximate surface area is 546 Å². The fourth-order valence-corrected chi connectivity index (χ4v) is 12.0. The largest absolute Gasteiger partial charge is 0.756 e. The van der Waals surface area contributed by atoms with Crippen LogP contribution in [0.1, 0.15) is 373 Å². The predicted octanol–water partition coefficient (Wildman–Crippen LogP) is 24.3. The fraction of sp³-hybridized carbons (Fsp3) is 0.846. The van der Waals surface area contributed by atoms with Crippen LogP contribution in [0.25, 0.3) is 0 Å². The van der Waals surface area contributed by atoms with E-state index in [2.05, 4.69) is 74.6 Å². The SMILES string of the molecule is CC/C=C\C/C=C\C/C=C\C/C=C\C/C=C\CCCCCCCCCCCCCCCCCC(=O)OC(COC(=O)CCCCCCCCCCCCCCCCCCCCCCCCCCCCCCCCCCC)COP(=O)([O-])OCC[N+](C)(C)C. The number of hydrogen-bond donors (Lipinski definition) is 0. The Morgan fingerprint density at radius 2 is 0.648 bits per heavy atom. The Kier molecular flexibility index (Phi) is 67.3. The number of phosphoric acid groups is 1. The molecule has 0 heterocycles. The van der Waals surface area contributed by atoms with Gasteiger partial charge in [-0.2, -0.15) is 0 Å². The van der Waals surface area contributed by atoms with Gasteiger partial charge in [0.15, 0.2) is 6.10 Å². The number of quaternary nitrogens is 1. The molecule has 0 rings (SSSR count). The van der Waals surface area contributed by atoms with E-state index in [0.717, 1.165) is 70.6 Å². The molecule has 0 aliphatic heterocycles. The second kappa shape index (κ2) is 69.1. The molecule has 0 N–H and O–H groups in total. The maximum Gasteiger partial charge on any atom is 0.306 e. The highest BCUT2D eigenvalue weighted by Gasteiger charge is 2.22. The average molecular weight is 1260 g/mol. The lowest BCUT2D eigenvalue weighted by Crippen LogP contribution is -2.37. The number of ether oxygens (including phenoxy) is 2. The van der Waals surface area contributed by atoms with Gasteiger partial charge in [0.25, 0.3) is 7.82 Å². The summed E-state index contributed by atoms with van der Waals surface area (Å²) in [6.07, 6.45) is 91.9. The number of unbranched alkanes of at least 4 members (excludes halogenated alkanes) is 47. The minimum atomic E-state index is -4.64. The number of hydrogen-bond acceptors (Lipinski definition) is 8. The van der Waals surface area contributed by atoms with Gasteiger partial charge in [-0.15, -0.1) is 0 Å². The highest BCUT2D eigenvalue weighted by Crippen LogP contribution is 2.38. The van der Waals surface area contributed by atoms with Crippen molar-refractivity contribution in [2.45, 2.75) is 380 Å². The summed E-state index contributed by atoms with van der Waals surface area (Å²) in [6.45, 7) is 4.19. The summed E-state index contributed by atoms with van der Waals surface area (Å²) in [5.41, 5.74) is 0. The van der Waals surface area contributed by atoms with E-state index < -0.39 is 26.5 Å². The van der Waals surface area contributed by atoms with Crippen LogP contribution in [0, 0.1) is 0 Å². The van der Waals surface area contributed by atoms with Gasteiger partial charge in [-0.1, -0.05) is 364 Å². The van der Waals surface area contributed by atoms with Crippen LogP contribution in [-0.4, -0.2) is 70.0 Å². The van der Waals surface area contributed by atoms with Crippen molar-refractivity contribution < 1.29 is 42.1 Å². The fourth-order valence-electron chi connectivity index (χ4n) is 11.3. The Bertz CT molecular complexity index is 1670. The van der Waals surface area contributed by atoms with Crippen molar-refractivity contribution in [1.29, 1.82) is 0 Å². The molecule has 0 amide bonds. The van der Waals surface area contributed by atoms with Crippen LogP contribution in [0.5, 0.6) is 0 Å². The molecule has 0 saturated carbocycles. The number of esters is 2. The molecular weight excluding hydrogens is 1110 g/mol. The number of carbonyl (C=O) groups excluding carboxylic acids is 2. The Hall–Kier alpha value is -2.29. The number of allylic oxidation sites excluding steroid dienone is 10. The molecule has 516 valence electrons. The van der Waals surface area contributed by atoms with Crippen molar-refractivity contribution in [2.24, 2.45) is 0 Å². The summed E-state index contributed by atoms with van der Waals surface area (Å²) in [7, 11) is 1.18. The van der Waals surface area contributed by atoms with Crippen LogP contribution in [0.2, 0.25) is 0 Å². The lowest BCUT2D eigenvalue weighted by atomic mass is 10.0. The lowest BCUT2D eigenvalue weighted by Gasteiger charge is -2.28. The molecule has 0 aromatic heterocycles. The van der Waals surface area contributed by atoms with E-state index in [0.29, 0.717) is 17.4 Å². The highest BCUT2D eigenvalue weighted by atomic mass is 31.2.